The lowest BCUT2D eigenvalue weighted by Crippen LogP contribution is -2.15. The molecule has 0 bridgehead atoms. The van der Waals surface area contributed by atoms with Crippen molar-refractivity contribution in [1.29, 1.82) is 5.26 Å². The van der Waals surface area contributed by atoms with Gasteiger partial charge in [-0.1, -0.05) is 13.0 Å². The van der Waals surface area contributed by atoms with Gasteiger partial charge in [0.2, 0.25) is 5.91 Å². The van der Waals surface area contributed by atoms with Gasteiger partial charge in [-0.05, 0) is 47.4 Å². The normalized spacial score (nSPS) is 11.3. The first-order chi connectivity index (χ1) is 14.3. The molecule has 1 amide bonds. The number of likely N-dealkylation sites (N-methyl/N-ethyl adjacent to an activating group) is 1. The quantitative estimate of drug-likeness (QED) is 0.610. The topological polar surface area (TPSA) is 90.3 Å². The minimum atomic E-state index is -0.242. The van der Waals surface area contributed by atoms with Crippen molar-refractivity contribution in [2.45, 2.75) is 40.2 Å². The van der Waals surface area contributed by atoms with Crippen LogP contribution in [0.15, 0.2) is 24.3 Å². The van der Waals surface area contributed by atoms with E-state index in [9.17, 15) is 10.1 Å². The van der Waals surface area contributed by atoms with Crippen LogP contribution in [0.1, 0.15) is 39.0 Å². The van der Waals surface area contributed by atoms with Crippen molar-refractivity contribution in [3.05, 3.63) is 35.5 Å². The monoisotopic (exact) mass is 409 g/mol. The molecule has 0 saturated heterocycles. The fourth-order valence-electron chi connectivity index (χ4n) is 3.07. The Morgan fingerprint density at radius 2 is 2.07 bits per heavy atom. The average Bonchev–Trinajstić information content (AvgIpc) is 2.68. The molecule has 0 unspecified atom stereocenters. The standard InChI is InChI=1S/C23H31N5O2/c1-7-18-17(14-24)23(25-15(3)4)16-12-20(21(30-8-2)13-19(16)26-18)27-22(29)10-9-11-28(5)6/h9-10,12-13,15H,7-8,11H2,1-6H3,(H,25,26)(H,27,29)/b10-9+. The highest BCUT2D eigenvalue weighted by Gasteiger charge is 2.18. The summed E-state index contributed by atoms with van der Waals surface area (Å²) in [6, 6.07) is 6.07. The van der Waals surface area contributed by atoms with Crippen LogP contribution in [0.3, 0.4) is 0 Å². The van der Waals surface area contributed by atoms with Gasteiger partial charge in [0, 0.05) is 30.1 Å². The van der Waals surface area contributed by atoms with E-state index in [0.29, 0.717) is 36.6 Å². The van der Waals surface area contributed by atoms with E-state index in [0.717, 1.165) is 22.3 Å². The minimum Gasteiger partial charge on any atom is -0.492 e. The summed E-state index contributed by atoms with van der Waals surface area (Å²) in [5.74, 6) is 0.309. The van der Waals surface area contributed by atoms with Crippen molar-refractivity contribution >= 4 is 28.2 Å². The number of anilines is 2. The number of ether oxygens (including phenoxy) is 1. The van der Waals surface area contributed by atoms with E-state index >= 15 is 0 Å². The molecule has 0 fully saturated rings. The summed E-state index contributed by atoms with van der Waals surface area (Å²) >= 11 is 0. The first kappa shape index (κ1) is 23.2. The Morgan fingerprint density at radius 3 is 2.63 bits per heavy atom. The molecule has 1 heterocycles. The molecule has 7 nitrogen and oxygen atoms in total. The summed E-state index contributed by atoms with van der Waals surface area (Å²) in [4.78, 5) is 19.1. The third kappa shape index (κ3) is 5.71. The molecule has 0 radical (unpaired) electrons. The molecule has 30 heavy (non-hydrogen) atoms. The molecule has 1 aromatic carbocycles. The minimum absolute atomic E-state index is 0.131. The van der Waals surface area contributed by atoms with Gasteiger partial charge in [0.05, 0.1) is 34.8 Å². The van der Waals surface area contributed by atoms with E-state index in [2.05, 4.69) is 21.7 Å². The zero-order valence-corrected chi connectivity index (χ0v) is 18.7. The number of hydrogen-bond acceptors (Lipinski definition) is 6. The summed E-state index contributed by atoms with van der Waals surface area (Å²) in [7, 11) is 3.87. The number of hydrogen-bond donors (Lipinski definition) is 2. The second-order valence-corrected chi connectivity index (χ2v) is 7.53. The lowest BCUT2D eigenvalue weighted by molar-refractivity contribution is -0.111. The van der Waals surface area contributed by atoms with Crippen LogP contribution < -0.4 is 15.4 Å². The van der Waals surface area contributed by atoms with Crippen LogP contribution in [-0.4, -0.2) is 49.1 Å². The van der Waals surface area contributed by atoms with Gasteiger partial charge < -0.3 is 20.3 Å². The number of rotatable bonds is 9. The van der Waals surface area contributed by atoms with Crippen LogP contribution in [0, 0.1) is 11.3 Å². The molecule has 2 aromatic rings. The van der Waals surface area contributed by atoms with Gasteiger partial charge in [0.15, 0.2) is 0 Å². The first-order valence-electron chi connectivity index (χ1n) is 10.2. The maximum atomic E-state index is 12.4. The van der Waals surface area contributed by atoms with E-state index in [1.54, 1.807) is 6.08 Å². The second kappa shape index (κ2) is 10.6. The highest BCUT2D eigenvalue weighted by molar-refractivity contribution is 6.04. The van der Waals surface area contributed by atoms with Gasteiger partial charge in [-0.25, -0.2) is 0 Å². The lowest BCUT2D eigenvalue weighted by Gasteiger charge is -2.19. The van der Waals surface area contributed by atoms with Gasteiger partial charge in [-0.2, -0.15) is 5.26 Å². The van der Waals surface area contributed by atoms with E-state index < -0.39 is 0 Å². The maximum Gasteiger partial charge on any atom is 0.248 e. The number of nitrogens with zero attached hydrogens (tertiary/aromatic N) is 3. The molecule has 0 saturated carbocycles. The largest absolute Gasteiger partial charge is 0.492 e. The highest BCUT2D eigenvalue weighted by Crippen LogP contribution is 2.36. The van der Waals surface area contributed by atoms with Crippen molar-refractivity contribution in [2.24, 2.45) is 0 Å². The molecule has 2 rings (SSSR count). The number of benzene rings is 1. The Morgan fingerprint density at radius 1 is 1.33 bits per heavy atom. The van der Waals surface area contributed by atoms with E-state index in [1.165, 1.54) is 6.08 Å². The molecule has 160 valence electrons. The first-order valence-corrected chi connectivity index (χ1v) is 10.2. The molecule has 0 aliphatic heterocycles. The number of carbonyl (C=O) groups excluding carboxylic acids is 1. The SMILES string of the molecule is CCOc1cc2nc(CC)c(C#N)c(NC(C)C)c2cc1NC(=O)/C=C/CN(C)C. The predicted molar refractivity (Wildman–Crippen MR) is 122 cm³/mol. The summed E-state index contributed by atoms with van der Waals surface area (Å²) in [5.41, 5.74) is 3.27. The summed E-state index contributed by atoms with van der Waals surface area (Å²) in [6.45, 7) is 9.03. The van der Waals surface area contributed by atoms with Crippen LogP contribution in [0.2, 0.25) is 0 Å². The molecular weight excluding hydrogens is 378 g/mol. The second-order valence-electron chi connectivity index (χ2n) is 7.53. The number of aromatic nitrogens is 1. The predicted octanol–water partition coefficient (Wildman–Crippen LogP) is 3.94. The summed E-state index contributed by atoms with van der Waals surface area (Å²) in [6.07, 6.45) is 3.95. The van der Waals surface area contributed by atoms with Gasteiger partial charge in [0.1, 0.15) is 11.8 Å². The molecule has 1 aromatic heterocycles. The molecular formula is C23H31N5O2. The average molecular weight is 410 g/mol. The fourth-order valence-corrected chi connectivity index (χ4v) is 3.07. The molecule has 0 atom stereocenters. The zero-order valence-electron chi connectivity index (χ0n) is 18.7. The fraction of sp³-hybridized carbons (Fsp3) is 0.435. The van der Waals surface area contributed by atoms with Crippen molar-refractivity contribution in [3.63, 3.8) is 0 Å². The molecule has 0 aliphatic rings. The third-order valence-electron chi connectivity index (χ3n) is 4.34. The van der Waals surface area contributed by atoms with Crippen LogP contribution in [0.25, 0.3) is 10.9 Å². The number of amides is 1. The number of nitriles is 1. The van der Waals surface area contributed by atoms with Crippen molar-refractivity contribution in [1.82, 2.24) is 9.88 Å². The van der Waals surface area contributed by atoms with E-state index in [1.807, 2.05) is 58.8 Å². The van der Waals surface area contributed by atoms with Crippen LogP contribution >= 0.6 is 0 Å². The summed E-state index contributed by atoms with van der Waals surface area (Å²) in [5, 5.41) is 16.8. The van der Waals surface area contributed by atoms with Gasteiger partial charge in [-0.3, -0.25) is 9.78 Å². The number of nitrogens with one attached hydrogen (secondary N) is 2. The highest BCUT2D eigenvalue weighted by atomic mass is 16.5. The Bertz CT molecular complexity index is 974. The lowest BCUT2D eigenvalue weighted by atomic mass is 10.0. The van der Waals surface area contributed by atoms with Crippen molar-refractivity contribution in [3.8, 4) is 11.8 Å². The Hall–Kier alpha value is -3.11. The van der Waals surface area contributed by atoms with Gasteiger partial charge in [0.25, 0.3) is 0 Å². The van der Waals surface area contributed by atoms with Crippen molar-refractivity contribution < 1.29 is 9.53 Å². The maximum absolute atomic E-state index is 12.4. The number of pyridine rings is 1. The van der Waals surface area contributed by atoms with Crippen LogP contribution in [0.4, 0.5) is 11.4 Å². The van der Waals surface area contributed by atoms with Gasteiger partial charge in [-0.15, -0.1) is 0 Å². The summed E-state index contributed by atoms with van der Waals surface area (Å²) < 4.78 is 5.77. The van der Waals surface area contributed by atoms with Crippen molar-refractivity contribution in [2.75, 3.05) is 37.9 Å². The smallest absolute Gasteiger partial charge is 0.248 e. The number of aryl methyl sites for hydroxylation is 1. The van der Waals surface area contributed by atoms with Crippen LogP contribution in [0.5, 0.6) is 5.75 Å². The molecule has 0 spiro atoms. The molecule has 2 N–H and O–H groups in total. The zero-order chi connectivity index (χ0) is 22.3. The molecule has 7 heteroatoms. The van der Waals surface area contributed by atoms with Gasteiger partial charge >= 0.3 is 0 Å². The van der Waals surface area contributed by atoms with Crippen LogP contribution in [-0.2, 0) is 11.2 Å². The molecule has 0 aliphatic carbocycles. The Kier molecular flexibility index (Phi) is 8.19. The Labute approximate surface area is 178 Å². The number of carbonyl (C=O) groups is 1. The van der Waals surface area contributed by atoms with E-state index in [-0.39, 0.29) is 11.9 Å². The third-order valence-corrected chi connectivity index (χ3v) is 4.34. The van der Waals surface area contributed by atoms with E-state index in [4.69, 9.17) is 4.74 Å². The Balaban J connectivity index is 2.61. The number of fused-ring (bicyclic) bond motifs is 1.